The molecule has 47 heavy (non-hydrogen) atoms. The summed E-state index contributed by atoms with van der Waals surface area (Å²) >= 11 is 0. The number of aliphatic hydroxyl groups excluding tert-OH is 1. The van der Waals surface area contributed by atoms with E-state index in [-0.39, 0.29) is 58.0 Å². The summed E-state index contributed by atoms with van der Waals surface area (Å²) < 4.78 is 41.9. The van der Waals surface area contributed by atoms with E-state index >= 15 is 0 Å². The number of hydrogen-bond acceptors (Lipinski definition) is 14. The van der Waals surface area contributed by atoms with Crippen LogP contribution in [-0.4, -0.2) is 70.6 Å². The highest BCUT2D eigenvalue weighted by atomic mass is 31.2. The molecule has 3 aromatic carbocycles. The first-order valence-electron chi connectivity index (χ1n) is 14.2. The van der Waals surface area contributed by atoms with Crippen LogP contribution >= 0.6 is 7.82 Å². The molecule has 5 aromatic rings. The number of hydrogen-bond donors (Lipinski definition) is 5. The number of aromatic hydroxyl groups is 2. The summed E-state index contributed by atoms with van der Waals surface area (Å²) in [6.07, 6.45) is -3.55. The molecule has 1 spiro atoms. The number of carbonyl (C=O) groups excluding carboxylic acids is 1. The molecule has 4 aliphatic heterocycles. The van der Waals surface area contributed by atoms with Crippen LogP contribution in [0.1, 0.15) is 33.3 Å². The van der Waals surface area contributed by atoms with E-state index in [2.05, 4.69) is 15.0 Å². The van der Waals surface area contributed by atoms with Crippen LogP contribution in [-0.2, 0) is 28.7 Å². The highest BCUT2D eigenvalue weighted by Gasteiger charge is 2.55. The van der Waals surface area contributed by atoms with Crippen LogP contribution in [0.4, 0.5) is 5.82 Å². The molecule has 16 nitrogen and oxygen atoms in total. The molecule has 6 N–H and O–H groups in total. The van der Waals surface area contributed by atoms with E-state index < -0.39 is 43.9 Å². The largest absolute Gasteiger partial charge is 0.508 e. The average molecular weight is 660 g/mol. The van der Waals surface area contributed by atoms with Crippen molar-refractivity contribution >= 4 is 30.8 Å². The number of carbonyl (C=O) groups is 1. The van der Waals surface area contributed by atoms with Crippen LogP contribution < -0.4 is 10.5 Å². The number of aliphatic hydroxyl groups is 1. The second kappa shape index (κ2) is 9.48. The van der Waals surface area contributed by atoms with Crippen LogP contribution in [0.15, 0.2) is 60.9 Å². The van der Waals surface area contributed by atoms with Gasteiger partial charge in [0.1, 0.15) is 53.5 Å². The number of esters is 1. The molecule has 0 radical (unpaired) electrons. The summed E-state index contributed by atoms with van der Waals surface area (Å²) in [6, 6.07) is 13.9. The Hall–Kier alpha value is -5.09. The molecular formula is C30H22N5O11P. The Morgan fingerprint density at radius 1 is 0.979 bits per heavy atom. The molecular weight excluding hydrogens is 637 g/mol. The van der Waals surface area contributed by atoms with Crippen molar-refractivity contribution in [1.29, 1.82) is 0 Å². The lowest BCUT2D eigenvalue weighted by molar-refractivity contribution is -0.0660. The zero-order valence-corrected chi connectivity index (χ0v) is 24.6. The number of rotatable bonds is 2. The van der Waals surface area contributed by atoms with Gasteiger partial charge in [0.2, 0.25) is 0 Å². The Balaban J connectivity index is 1.22. The molecule has 6 heterocycles. The van der Waals surface area contributed by atoms with Gasteiger partial charge < -0.3 is 40.2 Å². The molecule has 4 aliphatic rings. The minimum Gasteiger partial charge on any atom is -0.508 e. The SMILES string of the molecule is Nc1ncnc2c1nc(-c1ccc3c(c1)C(=O)OC31c3ccc(O)cc3Oc3cc(O)ccc31)n2[C@@H]1O[C@@H]2COP(=O)(O)O[C@H]2[C@H]1O. The summed E-state index contributed by atoms with van der Waals surface area (Å²) in [6.45, 7) is -0.305. The molecule has 238 valence electrons. The van der Waals surface area contributed by atoms with Gasteiger partial charge in [0.25, 0.3) is 0 Å². The fraction of sp³-hybridized carbons (Fsp3) is 0.200. The highest BCUT2D eigenvalue weighted by Crippen LogP contribution is 2.58. The van der Waals surface area contributed by atoms with Crippen LogP contribution in [0.5, 0.6) is 23.0 Å². The maximum Gasteiger partial charge on any atom is 0.472 e. The third-order valence-corrected chi connectivity index (χ3v) is 9.74. The summed E-state index contributed by atoms with van der Waals surface area (Å²) in [5, 5.41) is 31.7. The van der Waals surface area contributed by atoms with Crippen molar-refractivity contribution in [2.45, 2.75) is 30.1 Å². The molecule has 5 atom stereocenters. The predicted octanol–water partition coefficient (Wildman–Crippen LogP) is 2.83. The van der Waals surface area contributed by atoms with Gasteiger partial charge in [-0.05, 0) is 30.3 Å². The van der Waals surface area contributed by atoms with Crippen LogP contribution in [0, 0.1) is 0 Å². The van der Waals surface area contributed by atoms with Crippen molar-refractivity contribution < 1.29 is 52.8 Å². The van der Waals surface area contributed by atoms with Gasteiger partial charge in [0.05, 0.1) is 12.2 Å². The van der Waals surface area contributed by atoms with Gasteiger partial charge in [-0.1, -0.05) is 12.1 Å². The van der Waals surface area contributed by atoms with Gasteiger partial charge in [-0.3, -0.25) is 13.6 Å². The zero-order valence-electron chi connectivity index (χ0n) is 23.8. The number of phosphoric acid groups is 1. The first-order chi connectivity index (χ1) is 22.5. The number of nitrogen functional groups attached to an aromatic ring is 1. The first-order valence-corrected chi connectivity index (χ1v) is 15.7. The number of nitrogens with two attached hydrogens (primary N) is 1. The van der Waals surface area contributed by atoms with Crippen molar-refractivity contribution in [3.63, 3.8) is 0 Å². The topological polar surface area (TPSA) is 231 Å². The number of phenols is 2. The maximum atomic E-state index is 13.8. The number of nitrogens with zero attached hydrogens (tertiary/aromatic N) is 4. The second-order valence-corrected chi connectivity index (χ2v) is 12.8. The fourth-order valence-electron chi connectivity index (χ4n) is 6.76. The van der Waals surface area contributed by atoms with Gasteiger partial charge in [-0.2, -0.15) is 0 Å². The van der Waals surface area contributed by atoms with E-state index in [9.17, 15) is 29.6 Å². The van der Waals surface area contributed by atoms with Crippen molar-refractivity contribution in [2.75, 3.05) is 12.3 Å². The van der Waals surface area contributed by atoms with Gasteiger partial charge >= 0.3 is 13.8 Å². The Kier molecular flexibility index (Phi) is 5.68. The number of anilines is 1. The summed E-state index contributed by atoms with van der Waals surface area (Å²) in [4.78, 5) is 36.7. The maximum absolute atomic E-state index is 13.8. The van der Waals surface area contributed by atoms with Gasteiger partial charge in [-0.25, -0.2) is 24.3 Å². The summed E-state index contributed by atoms with van der Waals surface area (Å²) in [5.74, 6) is -0.122. The number of phosphoric ester groups is 1. The number of ether oxygens (including phenoxy) is 3. The van der Waals surface area contributed by atoms with Gasteiger partial charge in [0, 0.05) is 34.4 Å². The van der Waals surface area contributed by atoms with Crippen molar-refractivity contribution in [3.05, 3.63) is 83.2 Å². The lowest BCUT2D eigenvalue weighted by Gasteiger charge is -2.36. The number of phenolic OH excluding ortho intramolecular Hbond substituents is 2. The van der Waals surface area contributed by atoms with Crippen LogP contribution in [0.3, 0.4) is 0 Å². The molecule has 2 saturated heterocycles. The van der Waals surface area contributed by atoms with Gasteiger partial charge in [-0.15, -0.1) is 0 Å². The highest BCUT2D eigenvalue weighted by molar-refractivity contribution is 7.47. The molecule has 0 bridgehead atoms. The van der Waals surface area contributed by atoms with Crippen molar-refractivity contribution in [3.8, 4) is 34.4 Å². The lowest BCUT2D eigenvalue weighted by Crippen LogP contribution is -2.39. The normalized spacial score (nSPS) is 26.7. The fourth-order valence-corrected chi connectivity index (χ4v) is 7.73. The Morgan fingerprint density at radius 2 is 1.68 bits per heavy atom. The minimum absolute atomic E-state index is 0.0424. The minimum atomic E-state index is -4.41. The second-order valence-electron chi connectivity index (χ2n) is 11.4. The van der Waals surface area contributed by atoms with Crippen LogP contribution in [0.2, 0.25) is 0 Å². The first kappa shape index (κ1) is 28.2. The molecule has 17 heteroatoms. The Labute approximate surface area is 263 Å². The van der Waals surface area contributed by atoms with Crippen LogP contribution in [0.25, 0.3) is 22.6 Å². The molecule has 2 aromatic heterocycles. The third-order valence-electron chi connectivity index (χ3n) is 8.76. The third kappa shape index (κ3) is 3.91. The van der Waals surface area contributed by atoms with E-state index in [4.69, 9.17) is 29.0 Å². The standard InChI is InChI=1S/C30H22N5O11P/c31-25-22-27(33-11-32-25)35(28-23(38)24-21(44-28)10-42-47(40,41)46-24)26(34-22)12-1-4-16-15(7-12)29(39)45-30(16)17-5-2-13(36)8-19(17)43-20-9-14(37)3-6-18(20)30/h1-9,11,21,23-24,28,36-38H,10H2,(H,40,41)(H2,31,32,33)/t21-,23-,24-,28-/m1/s1. The number of imidazole rings is 1. The van der Waals surface area contributed by atoms with E-state index in [1.165, 1.54) is 35.2 Å². The molecule has 1 unspecified atom stereocenters. The molecule has 0 amide bonds. The summed E-state index contributed by atoms with van der Waals surface area (Å²) in [5.41, 5.74) is 6.98. The number of benzene rings is 3. The van der Waals surface area contributed by atoms with E-state index in [0.29, 0.717) is 22.3 Å². The Bertz CT molecular complexity index is 2190. The number of fused-ring (bicyclic) bond motifs is 8. The van der Waals surface area contributed by atoms with Crippen molar-refractivity contribution in [1.82, 2.24) is 19.5 Å². The number of aromatic nitrogens is 4. The predicted molar refractivity (Wildman–Crippen MR) is 157 cm³/mol. The zero-order chi connectivity index (χ0) is 32.4. The van der Waals surface area contributed by atoms with E-state index in [0.717, 1.165) is 0 Å². The Morgan fingerprint density at radius 3 is 2.40 bits per heavy atom. The monoisotopic (exact) mass is 659 g/mol. The van der Waals surface area contributed by atoms with Gasteiger partial charge in [0.15, 0.2) is 28.8 Å². The lowest BCUT2D eigenvalue weighted by atomic mass is 9.77. The van der Waals surface area contributed by atoms with Crippen molar-refractivity contribution in [2.24, 2.45) is 0 Å². The average Bonchev–Trinajstić information content (AvgIpc) is 3.66. The van der Waals surface area contributed by atoms with E-state index in [1.54, 1.807) is 30.3 Å². The smallest absolute Gasteiger partial charge is 0.472 e. The molecule has 0 aliphatic carbocycles. The summed E-state index contributed by atoms with van der Waals surface area (Å²) in [7, 11) is -4.41. The molecule has 0 saturated carbocycles. The quantitative estimate of drug-likeness (QED) is 0.135. The molecule has 2 fully saturated rings. The molecule has 9 rings (SSSR count). The van der Waals surface area contributed by atoms with E-state index in [1.807, 2.05) is 0 Å².